The monoisotopic (exact) mass is 201 g/mol. The molecule has 1 N–H and O–H groups in total. The van der Waals surface area contributed by atoms with Crippen molar-refractivity contribution in [1.29, 1.82) is 0 Å². The summed E-state index contributed by atoms with van der Waals surface area (Å²) in [5, 5.41) is 3.32. The van der Waals surface area contributed by atoms with E-state index in [4.69, 9.17) is 0 Å². The van der Waals surface area contributed by atoms with Gasteiger partial charge in [-0.05, 0) is 23.0 Å². The fourth-order valence-corrected chi connectivity index (χ4v) is 2.28. The summed E-state index contributed by atoms with van der Waals surface area (Å²) >= 11 is 0. The quantitative estimate of drug-likeness (QED) is 0.680. The lowest BCUT2D eigenvalue weighted by Gasteiger charge is -2.28. The van der Waals surface area contributed by atoms with E-state index >= 15 is 0 Å². The average Bonchev–Trinajstić information content (AvgIpc) is 2.16. The van der Waals surface area contributed by atoms with Crippen molar-refractivity contribution in [2.24, 2.45) is 0 Å². The second-order valence-corrected chi connectivity index (χ2v) is 5.24. The molecule has 0 atom stereocenters. The van der Waals surface area contributed by atoms with Crippen molar-refractivity contribution < 1.29 is 0 Å². The maximum atomic E-state index is 4.07. The first kappa shape index (κ1) is 10.3. The van der Waals surface area contributed by atoms with Crippen molar-refractivity contribution in [2.45, 2.75) is 32.6 Å². The molecular formula is C14H19N. The summed E-state index contributed by atoms with van der Waals surface area (Å²) in [6.45, 7) is 11.9. The van der Waals surface area contributed by atoms with Crippen LogP contribution < -0.4 is 5.32 Å². The molecule has 0 radical (unpaired) electrons. The van der Waals surface area contributed by atoms with E-state index in [0.717, 1.165) is 18.7 Å². The van der Waals surface area contributed by atoms with Gasteiger partial charge >= 0.3 is 0 Å². The number of rotatable bonds is 0. The van der Waals surface area contributed by atoms with Gasteiger partial charge in [-0.15, -0.1) is 0 Å². The largest absolute Gasteiger partial charge is 0.385 e. The summed E-state index contributed by atoms with van der Waals surface area (Å²) in [5.41, 5.74) is 5.54. The molecule has 1 aliphatic rings. The Labute approximate surface area is 92.2 Å². The molecule has 0 saturated carbocycles. The first-order chi connectivity index (χ1) is 7.00. The van der Waals surface area contributed by atoms with Crippen LogP contribution in [0.4, 0.5) is 0 Å². The first-order valence-electron chi connectivity index (χ1n) is 5.55. The van der Waals surface area contributed by atoms with Crippen molar-refractivity contribution in [1.82, 2.24) is 5.32 Å². The van der Waals surface area contributed by atoms with Gasteiger partial charge in [0.25, 0.3) is 0 Å². The molecule has 1 aromatic carbocycles. The molecule has 0 fully saturated rings. The van der Waals surface area contributed by atoms with E-state index in [1.54, 1.807) is 0 Å². The minimum absolute atomic E-state index is 0.225. The Morgan fingerprint density at radius 3 is 2.67 bits per heavy atom. The lowest BCUT2D eigenvalue weighted by molar-refractivity contribution is 0.579. The van der Waals surface area contributed by atoms with Crippen molar-refractivity contribution in [2.75, 3.05) is 6.54 Å². The van der Waals surface area contributed by atoms with Gasteiger partial charge in [-0.2, -0.15) is 0 Å². The predicted octanol–water partition coefficient (Wildman–Crippen LogP) is 3.10. The van der Waals surface area contributed by atoms with E-state index in [2.05, 4.69) is 50.9 Å². The van der Waals surface area contributed by atoms with Crippen LogP contribution in [0.3, 0.4) is 0 Å². The van der Waals surface area contributed by atoms with Gasteiger partial charge in [-0.1, -0.05) is 45.5 Å². The van der Waals surface area contributed by atoms with Crippen LogP contribution in [0.2, 0.25) is 0 Å². The Bertz CT molecular complexity index is 396. The van der Waals surface area contributed by atoms with Crippen LogP contribution in [-0.4, -0.2) is 6.54 Å². The summed E-state index contributed by atoms with van der Waals surface area (Å²) in [6.07, 6.45) is 1.11. The molecule has 1 heterocycles. The highest BCUT2D eigenvalue weighted by atomic mass is 14.9. The van der Waals surface area contributed by atoms with Gasteiger partial charge in [-0.25, -0.2) is 0 Å². The van der Waals surface area contributed by atoms with Gasteiger partial charge in [0.05, 0.1) is 0 Å². The van der Waals surface area contributed by atoms with Crippen molar-refractivity contribution in [3.63, 3.8) is 0 Å². The van der Waals surface area contributed by atoms with Crippen molar-refractivity contribution >= 4 is 5.70 Å². The first-order valence-corrected chi connectivity index (χ1v) is 5.55. The topological polar surface area (TPSA) is 12.0 Å². The van der Waals surface area contributed by atoms with E-state index < -0.39 is 0 Å². The van der Waals surface area contributed by atoms with Crippen molar-refractivity contribution in [3.8, 4) is 0 Å². The molecule has 0 aliphatic carbocycles. The van der Waals surface area contributed by atoms with Crippen molar-refractivity contribution in [3.05, 3.63) is 41.5 Å². The molecule has 0 aromatic heterocycles. The van der Waals surface area contributed by atoms with E-state index in [1.807, 2.05) is 0 Å². The standard InChI is InChI=1S/C14H19N/c1-10-11-6-5-7-13(14(2,3)4)12(11)8-9-15-10/h5-7,15H,1,8-9H2,2-4H3. The minimum atomic E-state index is 0.225. The maximum Gasteiger partial charge on any atom is 0.0343 e. The molecule has 1 heteroatoms. The van der Waals surface area contributed by atoms with E-state index in [1.165, 1.54) is 16.7 Å². The van der Waals surface area contributed by atoms with Crippen LogP contribution in [0, 0.1) is 0 Å². The third-order valence-corrected chi connectivity index (χ3v) is 3.02. The zero-order valence-corrected chi connectivity index (χ0v) is 9.85. The molecule has 0 spiro atoms. The molecule has 80 valence electrons. The lowest BCUT2D eigenvalue weighted by Crippen LogP contribution is -2.26. The zero-order valence-electron chi connectivity index (χ0n) is 9.85. The fourth-order valence-electron chi connectivity index (χ4n) is 2.28. The Balaban J connectivity index is 2.59. The smallest absolute Gasteiger partial charge is 0.0343 e. The average molecular weight is 201 g/mol. The van der Waals surface area contributed by atoms with Gasteiger partial charge in [0, 0.05) is 17.8 Å². The molecule has 1 aliphatic heterocycles. The summed E-state index contributed by atoms with van der Waals surface area (Å²) in [5.74, 6) is 0. The molecule has 1 aromatic rings. The number of hydrogen-bond acceptors (Lipinski definition) is 1. The van der Waals surface area contributed by atoms with Crippen LogP contribution >= 0.6 is 0 Å². The second-order valence-electron chi connectivity index (χ2n) is 5.24. The lowest BCUT2D eigenvalue weighted by atomic mass is 9.80. The van der Waals surface area contributed by atoms with E-state index in [9.17, 15) is 0 Å². The summed E-state index contributed by atoms with van der Waals surface area (Å²) in [6, 6.07) is 6.55. The van der Waals surface area contributed by atoms with Gasteiger partial charge in [0.2, 0.25) is 0 Å². The summed E-state index contributed by atoms with van der Waals surface area (Å²) in [7, 11) is 0. The Hall–Kier alpha value is -1.24. The van der Waals surface area contributed by atoms with E-state index in [-0.39, 0.29) is 5.41 Å². The molecule has 15 heavy (non-hydrogen) atoms. The molecule has 0 saturated heterocycles. The number of fused-ring (bicyclic) bond motifs is 1. The van der Waals surface area contributed by atoms with Crippen LogP contribution in [0.1, 0.15) is 37.5 Å². The normalized spacial score (nSPS) is 15.8. The number of benzene rings is 1. The molecule has 0 amide bonds. The van der Waals surface area contributed by atoms with Crippen LogP contribution in [0.15, 0.2) is 24.8 Å². The molecule has 2 rings (SSSR count). The summed E-state index contributed by atoms with van der Waals surface area (Å²) < 4.78 is 0. The predicted molar refractivity (Wildman–Crippen MR) is 65.9 cm³/mol. The Morgan fingerprint density at radius 2 is 2.00 bits per heavy atom. The molecule has 0 bridgehead atoms. The van der Waals surface area contributed by atoms with Crippen LogP contribution in [-0.2, 0) is 11.8 Å². The molecular weight excluding hydrogens is 182 g/mol. The molecule has 1 nitrogen and oxygen atoms in total. The van der Waals surface area contributed by atoms with Gasteiger partial charge in [0.1, 0.15) is 0 Å². The SMILES string of the molecule is C=C1NCCc2c1cccc2C(C)(C)C. The van der Waals surface area contributed by atoms with Crippen LogP contribution in [0.5, 0.6) is 0 Å². The van der Waals surface area contributed by atoms with Crippen LogP contribution in [0.25, 0.3) is 5.70 Å². The van der Waals surface area contributed by atoms with Gasteiger partial charge in [-0.3, -0.25) is 0 Å². The zero-order chi connectivity index (χ0) is 11.1. The van der Waals surface area contributed by atoms with Gasteiger partial charge in [0.15, 0.2) is 0 Å². The third-order valence-electron chi connectivity index (χ3n) is 3.02. The summed E-state index contributed by atoms with van der Waals surface area (Å²) in [4.78, 5) is 0. The highest BCUT2D eigenvalue weighted by Gasteiger charge is 2.22. The second kappa shape index (κ2) is 3.41. The minimum Gasteiger partial charge on any atom is -0.385 e. The molecule has 0 unspecified atom stereocenters. The highest BCUT2D eigenvalue weighted by molar-refractivity contribution is 5.68. The van der Waals surface area contributed by atoms with E-state index in [0.29, 0.717) is 0 Å². The fraction of sp³-hybridized carbons (Fsp3) is 0.429. The number of hydrogen-bond donors (Lipinski definition) is 1. The Kier molecular flexibility index (Phi) is 2.34. The number of nitrogens with one attached hydrogen (secondary N) is 1. The van der Waals surface area contributed by atoms with Gasteiger partial charge < -0.3 is 5.32 Å². The third kappa shape index (κ3) is 1.79. The maximum absolute atomic E-state index is 4.07. The Morgan fingerprint density at radius 1 is 1.27 bits per heavy atom. The highest BCUT2D eigenvalue weighted by Crippen LogP contribution is 2.31.